The first kappa shape index (κ1) is 10.6. The Morgan fingerprint density at radius 1 is 1.50 bits per heavy atom. The maximum Gasteiger partial charge on any atom is 0.312 e. The zero-order valence-electron chi connectivity index (χ0n) is 7.68. The summed E-state index contributed by atoms with van der Waals surface area (Å²) in [4.78, 5) is 10.5. The summed E-state index contributed by atoms with van der Waals surface area (Å²) < 4.78 is 0. The fourth-order valence-corrected chi connectivity index (χ4v) is 1.19. The monoisotopic (exact) mass is 191 g/mol. The van der Waals surface area contributed by atoms with Crippen LogP contribution in [0.5, 0.6) is 0 Å². The smallest absolute Gasteiger partial charge is 0.312 e. The molecule has 5 heteroatoms. The van der Waals surface area contributed by atoms with Crippen LogP contribution in [-0.4, -0.2) is 24.5 Å². The van der Waals surface area contributed by atoms with Crippen LogP contribution in [0.4, 0.5) is 4.79 Å². The van der Waals surface area contributed by atoms with Gasteiger partial charge in [0.2, 0.25) is 0 Å². The second-order valence-corrected chi connectivity index (χ2v) is 2.95. The molecular weight excluding hydrogens is 179 g/mol. The molecule has 14 heavy (non-hydrogen) atoms. The highest BCUT2D eigenvalue weighted by atomic mass is 16.2. The van der Waals surface area contributed by atoms with Gasteiger partial charge in [-0.3, -0.25) is 0 Å². The van der Waals surface area contributed by atoms with Gasteiger partial charge in [-0.2, -0.15) is 0 Å². The van der Waals surface area contributed by atoms with Gasteiger partial charge in [0.15, 0.2) is 0 Å². The average molecular weight is 191 g/mol. The largest absolute Gasteiger partial charge is 0.452 e. The van der Waals surface area contributed by atoms with E-state index in [0.717, 1.165) is 13.0 Å². The molecule has 0 heterocycles. The third kappa shape index (κ3) is 3.49. The third-order valence-corrected chi connectivity index (χ3v) is 1.81. The molecule has 0 spiro atoms. The topological polar surface area (TPSA) is 75.4 Å². The van der Waals surface area contributed by atoms with Gasteiger partial charge in [-0.15, -0.1) is 0 Å². The van der Waals surface area contributed by atoms with E-state index in [1.165, 1.54) is 0 Å². The van der Waals surface area contributed by atoms with Crippen LogP contribution in [0.25, 0.3) is 0 Å². The summed E-state index contributed by atoms with van der Waals surface area (Å²) >= 11 is 0. The van der Waals surface area contributed by atoms with Crippen molar-refractivity contribution in [2.75, 3.05) is 0 Å². The number of amides is 2. The van der Waals surface area contributed by atoms with Gasteiger partial charge in [-0.05, 0) is 12.0 Å². The minimum Gasteiger partial charge on any atom is -0.452 e. The number of carbonyl (C=O) groups excluding carboxylic acids is 1. The third-order valence-electron chi connectivity index (χ3n) is 1.81. The zero-order chi connectivity index (χ0) is 10.4. The number of nitrogens with one attached hydrogen (secondary N) is 1. The van der Waals surface area contributed by atoms with Gasteiger partial charge >= 0.3 is 13.5 Å². The van der Waals surface area contributed by atoms with Crippen LogP contribution < -0.4 is 11.1 Å². The van der Waals surface area contributed by atoms with E-state index in [2.05, 4.69) is 5.32 Å². The number of nitrogens with two attached hydrogens (primary N) is 1. The molecule has 1 aromatic rings. The summed E-state index contributed by atoms with van der Waals surface area (Å²) in [6, 6.07) is 8.89. The minimum absolute atomic E-state index is 0.435. The van der Waals surface area contributed by atoms with E-state index in [1.807, 2.05) is 30.3 Å². The van der Waals surface area contributed by atoms with Crippen LogP contribution >= 0.6 is 0 Å². The summed E-state index contributed by atoms with van der Waals surface area (Å²) in [6.07, 6.45) is 0.528. The fraction of sp³-hybridized carbons (Fsp3) is 0.222. The number of hydrogen-bond acceptors (Lipinski definition) is 2. The number of rotatable bonds is 4. The normalized spacial score (nSPS) is 11.8. The molecular formula is C9H12BN2O2. The Labute approximate surface area is 83.4 Å². The molecule has 4 nitrogen and oxygen atoms in total. The van der Waals surface area contributed by atoms with E-state index >= 15 is 0 Å². The van der Waals surface area contributed by atoms with E-state index in [9.17, 15) is 4.79 Å². The summed E-state index contributed by atoms with van der Waals surface area (Å²) in [5.41, 5.74) is 5.97. The molecule has 0 bridgehead atoms. The van der Waals surface area contributed by atoms with Gasteiger partial charge < -0.3 is 16.1 Å². The van der Waals surface area contributed by atoms with Crippen molar-refractivity contribution in [3.05, 3.63) is 35.9 Å². The lowest BCUT2D eigenvalue weighted by Crippen LogP contribution is -2.43. The lowest BCUT2D eigenvalue weighted by Gasteiger charge is -2.13. The number of hydrogen-bond donors (Lipinski definition) is 3. The Hall–Kier alpha value is -1.49. The van der Waals surface area contributed by atoms with Crippen molar-refractivity contribution in [2.24, 2.45) is 5.73 Å². The van der Waals surface area contributed by atoms with Crippen LogP contribution in [0.15, 0.2) is 30.3 Å². The van der Waals surface area contributed by atoms with Crippen LogP contribution in [0, 0.1) is 0 Å². The first-order valence-corrected chi connectivity index (χ1v) is 4.30. The molecule has 0 unspecified atom stereocenters. The molecule has 0 aliphatic rings. The molecule has 0 fully saturated rings. The Balaban J connectivity index is 2.53. The first-order chi connectivity index (χ1) is 6.72. The van der Waals surface area contributed by atoms with E-state index in [0.29, 0.717) is 6.42 Å². The molecule has 1 atom stereocenters. The second-order valence-electron chi connectivity index (χ2n) is 2.95. The van der Waals surface area contributed by atoms with E-state index in [4.69, 9.17) is 10.8 Å². The molecule has 0 aliphatic heterocycles. The number of carbonyl (C=O) groups is 1. The van der Waals surface area contributed by atoms with Crippen molar-refractivity contribution in [3.8, 4) is 0 Å². The molecule has 0 saturated heterocycles. The van der Waals surface area contributed by atoms with Gasteiger partial charge in [0.1, 0.15) is 0 Å². The molecule has 0 aliphatic carbocycles. The Morgan fingerprint density at radius 2 is 2.14 bits per heavy atom. The molecule has 2 amide bonds. The molecule has 0 saturated carbocycles. The summed E-state index contributed by atoms with van der Waals surface area (Å²) in [6.45, 7) is 0. The number of benzene rings is 1. The van der Waals surface area contributed by atoms with Crippen molar-refractivity contribution >= 4 is 13.5 Å². The van der Waals surface area contributed by atoms with Gasteiger partial charge in [0, 0.05) is 5.94 Å². The van der Waals surface area contributed by atoms with Crippen LogP contribution in [0.3, 0.4) is 0 Å². The Bertz CT molecular complexity index is 292. The molecule has 1 radical (unpaired) electrons. The van der Waals surface area contributed by atoms with Crippen LogP contribution in [0.1, 0.15) is 5.56 Å². The van der Waals surface area contributed by atoms with Crippen LogP contribution in [-0.2, 0) is 6.42 Å². The van der Waals surface area contributed by atoms with E-state index in [1.54, 1.807) is 0 Å². The van der Waals surface area contributed by atoms with Crippen molar-refractivity contribution in [1.29, 1.82) is 0 Å². The maximum atomic E-state index is 10.5. The minimum atomic E-state index is -0.642. The Morgan fingerprint density at radius 3 is 2.64 bits per heavy atom. The maximum absolute atomic E-state index is 10.5. The van der Waals surface area contributed by atoms with Gasteiger partial charge in [-0.1, -0.05) is 30.3 Å². The van der Waals surface area contributed by atoms with E-state index < -0.39 is 12.0 Å². The first-order valence-electron chi connectivity index (χ1n) is 4.30. The summed E-state index contributed by atoms with van der Waals surface area (Å²) in [7, 11) is 0.928. The summed E-state index contributed by atoms with van der Waals surface area (Å²) in [5, 5.41) is 11.3. The molecule has 73 valence electrons. The highest BCUT2D eigenvalue weighted by Crippen LogP contribution is 2.01. The van der Waals surface area contributed by atoms with Crippen molar-refractivity contribution < 1.29 is 9.82 Å². The predicted octanol–water partition coefficient (Wildman–Crippen LogP) is -0.165. The zero-order valence-corrected chi connectivity index (χ0v) is 7.68. The van der Waals surface area contributed by atoms with Gasteiger partial charge in [0.25, 0.3) is 0 Å². The van der Waals surface area contributed by atoms with Crippen molar-refractivity contribution in [2.45, 2.75) is 12.4 Å². The summed E-state index contributed by atoms with van der Waals surface area (Å²) in [5.74, 6) is -0.435. The van der Waals surface area contributed by atoms with E-state index in [-0.39, 0.29) is 0 Å². The average Bonchev–Trinajstić information content (AvgIpc) is 2.17. The van der Waals surface area contributed by atoms with Gasteiger partial charge in [-0.25, -0.2) is 4.79 Å². The molecule has 1 aromatic carbocycles. The molecule has 1 rings (SSSR count). The standard InChI is InChI=1S/C9H12BN2O2/c11-9(13)12-8(10-14)6-7-4-2-1-3-5-7/h1-5,8,14H,6H2,(H3,11,12,13)/t8-/m0/s1. The lowest BCUT2D eigenvalue weighted by molar-refractivity contribution is 0.247. The highest BCUT2D eigenvalue weighted by Gasteiger charge is 2.11. The highest BCUT2D eigenvalue weighted by molar-refractivity contribution is 6.28. The number of primary amides is 1. The Kier molecular flexibility index (Phi) is 4.00. The number of urea groups is 1. The van der Waals surface area contributed by atoms with Gasteiger partial charge in [0.05, 0.1) is 0 Å². The predicted molar refractivity (Wildman–Crippen MR) is 54.6 cm³/mol. The van der Waals surface area contributed by atoms with Crippen molar-refractivity contribution in [1.82, 2.24) is 5.32 Å². The fourth-order valence-electron chi connectivity index (χ4n) is 1.19. The quantitative estimate of drug-likeness (QED) is 0.578. The molecule has 4 N–H and O–H groups in total. The molecule has 0 aromatic heterocycles. The van der Waals surface area contributed by atoms with Crippen molar-refractivity contribution in [3.63, 3.8) is 0 Å². The SMILES string of the molecule is NC(=O)N[C@H]([B]O)Cc1ccccc1. The second kappa shape index (κ2) is 5.29. The van der Waals surface area contributed by atoms with Crippen LogP contribution in [0.2, 0.25) is 0 Å². The lowest BCUT2D eigenvalue weighted by atomic mass is 9.83.